The smallest absolute Gasteiger partial charge is 0.130 e. The molecule has 0 aromatic heterocycles. The summed E-state index contributed by atoms with van der Waals surface area (Å²) in [5.41, 5.74) is 1.30. The zero-order chi connectivity index (χ0) is 12.1. The van der Waals surface area contributed by atoms with E-state index in [-0.39, 0.29) is 6.04 Å². The number of hydrogen-bond acceptors (Lipinski definition) is 3. The predicted octanol–water partition coefficient (Wildman–Crippen LogP) is 2.27. The van der Waals surface area contributed by atoms with Gasteiger partial charge in [0, 0.05) is 6.04 Å². The van der Waals surface area contributed by atoms with Crippen molar-refractivity contribution in [2.75, 3.05) is 6.61 Å². The van der Waals surface area contributed by atoms with E-state index >= 15 is 0 Å². The zero-order valence-electron chi connectivity index (χ0n) is 10.1. The van der Waals surface area contributed by atoms with Gasteiger partial charge in [-0.3, -0.25) is 5.32 Å². The summed E-state index contributed by atoms with van der Waals surface area (Å²) in [6.45, 7) is 2.54. The van der Waals surface area contributed by atoms with Crippen molar-refractivity contribution in [1.29, 1.82) is 5.26 Å². The van der Waals surface area contributed by atoms with Gasteiger partial charge in [-0.2, -0.15) is 5.26 Å². The van der Waals surface area contributed by atoms with Gasteiger partial charge in [-0.1, -0.05) is 19.1 Å². The Morgan fingerprint density at radius 2 is 2.12 bits per heavy atom. The van der Waals surface area contributed by atoms with E-state index in [0.717, 1.165) is 12.2 Å². The number of nitriles is 1. The highest BCUT2D eigenvalue weighted by molar-refractivity contribution is 5.27. The highest BCUT2D eigenvalue weighted by Crippen LogP contribution is 2.19. The number of aryl methyl sites for hydroxylation is 1. The van der Waals surface area contributed by atoms with E-state index in [1.165, 1.54) is 18.4 Å². The monoisotopic (exact) mass is 230 g/mol. The molecule has 1 unspecified atom stereocenters. The third-order valence-electron chi connectivity index (χ3n) is 2.92. The Kier molecular flexibility index (Phi) is 4.00. The molecule has 3 nitrogen and oxygen atoms in total. The molecule has 1 N–H and O–H groups in total. The van der Waals surface area contributed by atoms with Crippen LogP contribution < -0.4 is 10.1 Å². The predicted molar refractivity (Wildman–Crippen MR) is 66.9 cm³/mol. The molecule has 3 heteroatoms. The summed E-state index contributed by atoms with van der Waals surface area (Å²) < 4.78 is 5.60. The molecule has 0 radical (unpaired) electrons. The Balaban J connectivity index is 1.80. The molecule has 90 valence electrons. The first-order valence-electron chi connectivity index (χ1n) is 6.19. The average molecular weight is 230 g/mol. The fourth-order valence-corrected chi connectivity index (χ4v) is 1.66. The summed E-state index contributed by atoms with van der Waals surface area (Å²) in [4.78, 5) is 0. The molecule has 0 aliphatic heterocycles. The van der Waals surface area contributed by atoms with E-state index in [1.807, 2.05) is 12.1 Å². The summed E-state index contributed by atoms with van der Waals surface area (Å²) in [5.74, 6) is 0.833. The fraction of sp³-hybridized carbons (Fsp3) is 0.500. The molecule has 1 aromatic rings. The minimum atomic E-state index is -0.201. The molecule has 1 atom stereocenters. The normalized spacial score (nSPS) is 16.2. The molecule has 0 bridgehead atoms. The van der Waals surface area contributed by atoms with E-state index in [9.17, 15) is 0 Å². The van der Waals surface area contributed by atoms with Crippen LogP contribution in [0.25, 0.3) is 0 Å². The number of hydrogen-bond donors (Lipinski definition) is 1. The van der Waals surface area contributed by atoms with E-state index in [2.05, 4.69) is 30.4 Å². The minimum absolute atomic E-state index is 0.201. The molecule has 1 aromatic carbocycles. The van der Waals surface area contributed by atoms with Gasteiger partial charge in [-0.25, -0.2) is 0 Å². The van der Waals surface area contributed by atoms with Crippen molar-refractivity contribution in [3.63, 3.8) is 0 Å². The fourth-order valence-electron chi connectivity index (χ4n) is 1.66. The van der Waals surface area contributed by atoms with Crippen LogP contribution in [-0.2, 0) is 6.42 Å². The first-order valence-corrected chi connectivity index (χ1v) is 6.19. The van der Waals surface area contributed by atoms with Gasteiger partial charge in [0.1, 0.15) is 18.4 Å². The maximum Gasteiger partial charge on any atom is 0.130 e. The van der Waals surface area contributed by atoms with Crippen LogP contribution in [-0.4, -0.2) is 18.7 Å². The number of nitrogens with one attached hydrogen (secondary N) is 1. The lowest BCUT2D eigenvalue weighted by Crippen LogP contribution is -2.34. The number of benzene rings is 1. The zero-order valence-corrected chi connectivity index (χ0v) is 10.1. The average Bonchev–Trinajstić information content (AvgIpc) is 3.19. The summed E-state index contributed by atoms with van der Waals surface area (Å²) >= 11 is 0. The van der Waals surface area contributed by atoms with Crippen molar-refractivity contribution in [3.05, 3.63) is 29.8 Å². The Morgan fingerprint density at radius 1 is 1.41 bits per heavy atom. The van der Waals surface area contributed by atoms with Gasteiger partial charge in [0.2, 0.25) is 0 Å². The van der Waals surface area contributed by atoms with Gasteiger partial charge in [-0.05, 0) is 37.0 Å². The van der Waals surface area contributed by atoms with Crippen molar-refractivity contribution in [3.8, 4) is 11.8 Å². The second-order valence-electron chi connectivity index (χ2n) is 4.43. The van der Waals surface area contributed by atoms with Gasteiger partial charge >= 0.3 is 0 Å². The maximum atomic E-state index is 8.97. The van der Waals surface area contributed by atoms with Gasteiger partial charge in [0.15, 0.2) is 0 Å². The molecule has 0 spiro atoms. The van der Waals surface area contributed by atoms with Crippen molar-refractivity contribution < 1.29 is 4.74 Å². The maximum absolute atomic E-state index is 8.97. The summed E-state index contributed by atoms with van der Waals surface area (Å²) in [6.07, 6.45) is 3.40. The number of ether oxygens (including phenoxy) is 1. The van der Waals surface area contributed by atoms with E-state index < -0.39 is 0 Å². The van der Waals surface area contributed by atoms with Crippen LogP contribution in [0.5, 0.6) is 5.75 Å². The van der Waals surface area contributed by atoms with Crippen molar-refractivity contribution in [2.45, 2.75) is 38.3 Å². The third-order valence-corrected chi connectivity index (χ3v) is 2.92. The van der Waals surface area contributed by atoms with Crippen LogP contribution in [0.4, 0.5) is 0 Å². The van der Waals surface area contributed by atoms with E-state index in [1.54, 1.807) is 0 Å². The Labute approximate surface area is 102 Å². The van der Waals surface area contributed by atoms with Crippen LogP contribution >= 0.6 is 0 Å². The molecular weight excluding hydrogens is 212 g/mol. The summed E-state index contributed by atoms with van der Waals surface area (Å²) in [5, 5.41) is 12.2. The summed E-state index contributed by atoms with van der Waals surface area (Å²) in [7, 11) is 0. The lowest BCUT2D eigenvalue weighted by Gasteiger charge is -2.12. The second-order valence-corrected chi connectivity index (χ2v) is 4.43. The Bertz CT molecular complexity index is 390. The molecule has 1 saturated carbocycles. The van der Waals surface area contributed by atoms with Crippen LogP contribution in [0.3, 0.4) is 0 Å². The first kappa shape index (κ1) is 11.9. The molecule has 17 heavy (non-hydrogen) atoms. The molecule has 1 aliphatic rings. The Morgan fingerprint density at radius 3 is 2.65 bits per heavy atom. The number of nitrogens with zero attached hydrogens (tertiary/aromatic N) is 1. The van der Waals surface area contributed by atoms with Gasteiger partial charge in [-0.15, -0.1) is 0 Å². The first-order chi connectivity index (χ1) is 8.31. The standard InChI is InChI=1S/C14H18N2O/c1-2-11-3-7-14(8-4-11)17-10-13(9-15)16-12-5-6-12/h3-4,7-8,12-13,16H,2,5-6,10H2,1H3. The molecule has 0 amide bonds. The van der Waals surface area contributed by atoms with Crippen molar-refractivity contribution in [1.82, 2.24) is 5.32 Å². The number of rotatable bonds is 6. The van der Waals surface area contributed by atoms with E-state index in [4.69, 9.17) is 10.00 Å². The minimum Gasteiger partial charge on any atom is -0.491 e. The van der Waals surface area contributed by atoms with Crippen molar-refractivity contribution >= 4 is 0 Å². The highest BCUT2D eigenvalue weighted by Gasteiger charge is 2.24. The van der Waals surface area contributed by atoms with Gasteiger partial charge in [0.25, 0.3) is 0 Å². The SMILES string of the molecule is CCc1ccc(OCC(C#N)NC2CC2)cc1. The largest absolute Gasteiger partial charge is 0.491 e. The van der Waals surface area contributed by atoms with E-state index in [0.29, 0.717) is 12.6 Å². The lowest BCUT2D eigenvalue weighted by molar-refractivity contribution is 0.288. The van der Waals surface area contributed by atoms with Crippen LogP contribution in [0, 0.1) is 11.3 Å². The Hall–Kier alpha value is -1.53. The molecule has 0 saturated heterocycles. The molecule has 1 aliphatic carbocycles. The van der Waals surface area contributed by atoms with Gasteiger partial charge < -0.3 is 4.74 Å². The molecule has 2 rings (SSSR count). The molecular formula is C14H18N2O. The van der Waals surface area contributed by atoms with Crippen LogP contribution in [0.2, 0.25) is 0 Å². The van der Waals surface area contributed by atoms with Gasteiger partial charge in [0.05, 0.1) is 6.07 Å². The summed E-state index contributed by atoms with van der Waals surface area (Å²) in [6, 6.07) is 10.6. The quantitative estimate of drug-likeness (QED) is 0.815. The topological polar surface area (TPSA) is 45.0 Å². The third kappa shape index (κ3) is 3.76. The second kappa shape index (κ2) is 5.70. The molecule has 1 fully saturated rings. The lowest BCUT2D eigenvalue weighted by atomic mass is 10.2. The highest BCUT2D eigenvalue weighted by atomic mass is 16.5. The van der Waals surface area contributed by atoms with Crippen LogP contribution in [0.15, 0.2) is 24.3 Å². The molecule has 0 heterocycles. The van der Waals surface area contributed by atoms with Crippen molar-refractivity contribution in [2.24, 2.45) is 0 Å². The van der Waals surface area contributed by atoms with Crippen LogP contribution in [0.1, 0.15) is 25.3 Å².